The van der Waals surface area contributed by atoms with E-state index in [1.54, 1.807) is 12.1 Å². The van der Waals surface area contributed by atoms with Gasteiger partial charge in [0.25, 0.3) is 0 Å². The number of rotatable bonds is 6. The van der Waals surface area contributed by atoms with E-state index in [0.717, 1.165) is 30.0 Å². The largest absolute Gasteiger partial charge is 0.494 e. The van der Waals surface area contributed by atoms with Crippen LogP contribution in [0.1, 0.15) is 18.9 Å². The first kappa shape index (κ1) is 16.3. The minimum Gasteiger partial charge on any atom is -0.494 e. The normalized spacial score (nSPS) is 10.5. The van der Waals surface area contributed by atoms with Crippen LogP contribution in [0, 0.1) is 0 Å². The van der Waals surface area contributed by atoms with Crippen LogP contribution in [0.5, 0.6) is 5.75 Å². The van der Waals surface area contributed by atoms with Gasteiger partial charge < -0.3 is 10.1 Å². The smallest absolute Gasteiger partial charge is 0.119 e. The highest BCUT2D eigenvalue weighted by atomic mass is 35.5. The molecule has 5 heteroatoms. The first-order valence-electron chi connectivity index (χ1n) is 6.70. The van der Waals surface area contributed by atoms with E-state index in [2.05, 4.69) is 12.2 Å². The number of nitrogens with one attached hydrogen (secondary N) is 1. The molecule has 0 saturated heterocycles. The first-order valence-corrected chi connectivity index (χ1v) is 7.83. The number of benzene rings is 2. The SMILES string of the molecule is CCCOc1ccc(CNc2cc(Cl)c(Cl)cc2Cl)cc1. The van der Waals surface area contributed by atoms with E-state index < -0.39 is 0 Å². The zero-order valence-corrected chi connectivity index (χ0v) is 13.9. The second-order valence-corrected chi connectivity index (χ2v) is 5.81. The Balaban J connectivity index is 1.98. The lowest BCUT2D eigenvalue weighted by molar-refractivity contribution is 0.317. The Bertz CT molecular complexity index is 599. The van der Waals surface area contributed by atoms with E-state index in [-0.39, 0.29) is 0 Å². The van der Waals surface area contributed by atoms with Crippen molar-refractivity contribution < 1.29 is 4.74 Å². The molecule has 21 heavy (non-hydrogen) atoms. The second kappa shape index (κ2) is 7.79. The Morgan fingerprint density at radius 1 is 0.952 bits per heavy atom. The third kappa shape index (κ3) is 4.70. The van der Waals surface area contributed by atoms with Gasteiger partial charge in [0.1, 0.15) is 5.75 Å². The molecule has 2 aromatic carbocycles. The van der Waals surface area contributed by atoms with Crippen LogP contribution in [-0.4, -0.2) is 6.61 Å². The number of halogens is 3. The van der Waals surface area contributed by atoms with Gasteiger partial charge in [-0.05, 0) is 36.2 Å². The van der Waals surface area contributed by atoms with Crippen LogP contribution in [0.3, 0.4) is 0 Å². The molecule has 2 rings (SSSR count). The second-order valence-electron chi connectivity index (χ2n) is 4.59. The topological polar surface area (TPSA) is 21.3 Å². The van der Waals surface area contributed by atoms with Gasteiger partial charge in [-0.15, -0.1) is 0 Å². The van der Waals surface area contributed by atoms with Crippen molar-refractivity contribution in [3.05, 3.63) is 57.0 Å². The van der Waals surface area contributed by atoms with E-state index in [9.17, 15) is 0 Å². The van der Waals surface area contributed by atoms with Crippen molar-refractivity contribution in [2.24, 2.45) is 0 Å². The Hall–Kier alpha value is -1.09. The predicted octanol–water partition coefficient (Wildman–Crippen LogP) is 6.05. The highest BCUT2D eigenvalue weighted by molar-refractivity contribution is 6.44. The summed E-state index contributed by atoms with van der Waals surface area (Å²) < 4.78 is 5.55. The van der Waals surface area contributed by atoms with E-state index in [1.807, 2.05) is 24.3 Å². The minimum atomic E-state index is 0.449. The molecule has 0 unspecified atom stereocenters. The third-order valence-corrected chi connectivity index (χ3v) is 3.92. The van der Waals surface area contributed by atoms with Crippen molar-refractivity contribution in [2.45, 2.75) is 19.9 Å². The summed E-state index contributed by atoms with van der Waals surface area (Å²) in [5, 5.41) is 4.72. The van der Waals surface area contributed by atoms with Crippen molar-refractivity contribution in [3.63, 3.8) is 0 Å². The van der Waals surface area contributed by atoms with Crippen LogP contribution < -0.4 is 10.1 Å². The monoisotopic (exact) mass is 343 g/mol. The molecular formula is C16H16Cl3NO. The fourth-order valence-electron chi connectivity index (χ4n) is 1.78. The average molecular weight is 345 g/mol. The highest BCUT2D eigenvalue weighted by Crippen LogP contribution is 2.32. The van der Waals surface area contributed by atoms with Crippen LogP contribution in [0.25, 0.3) is 0 Å². The van der Waals surface area contributed by atoms with Crippen LogP contribution in [0.2, 0.25) is 15.1 Å². The minimum absolute atomic E-state index is 0.449. The summed E-state index contributed by atoms with van der Waals surface area (Å²) in [7, 11) is 0. The van der Waals surface area contributed by atoms with Crippen molar-refractivity contribution in [3.8, 4) is 5.75 Å². The molecule has 0 atom stereocenters. The van der Waals surface area contributed by atoms with E-state index in [1.165, 1.54) is 0 Å². The molecule has 1 N–H and O–H groups in total. The summed E-state index contributed by atoms with van der Waals surface area (Å²) in [4.78, 5) is 0. The lowest BCUT2D eigenvalue weighted by Gasteiger charge is -2.10. The number of anilines is 1. The van der Waals surface area contributed by atoms with Gasteiger partial charge in [-0.3, -0.25) is 0 Å². The zero-order valence-electron chi connectivity index (χ0n) is 11.6. The molecule has 0 bridgehead atoms. The Labute approximate surface area is 140 Å². The fraction of sp³-hybridized carbons (Fsp3) is 0.250. The molecule has 0 spiro atoms. The third-order valence-electron chi connectivity index (χ3n) is 2.89. The summed E-state index contributed by atoms with van der Waals surface area (Å²) in [5.74, 6) is 0.883. The van der Waals surface area contributed by atoms with Crippen molar-refractivity contribution in [1.29, 1.82) is 0 Å². The molecule has 0 saturated carbocycles. The number of hydrogen-bond acceptors (Lipinski definition) is 2. The summed E-state index contributed by atoms with van der Waals surface area (Å²) in [6.45, 7) is 3.46. The zero-order chi connectivity index (χ0) is 15.2. The van der Waals surface area contributed by atoms with Gasteiger partial charge in [0.2, 0.25) is 0 Å². The van der Waals surface area contributed by atoms with E-state index in [4.69, 9.17) is 39.5 Å². The molecule has 0 heterocycles. The van der Waals surface area contributed by atoms with Gasteiger partial charge in [0, 0.05) is 6.54 Å². The summed E-state index contributed by atoms with van der Waals surface area (Å²) in [5.41, 5.74) is 1.89. The van der Waals surface area contributed by atoms with Crippen LogP contribution in [0.4, 0.5) is 5.69 Å². The van der Waals surface area contributed by atoms with Gasteiger partial charge in [0.05, 0.1) is 27.4 Å². The lowest BCUT2D eigenvalue weighted by atomic mass is 10.2. The highest BCUT2D eigenvalue weighted by Gasteiger charge is 2.05. The summed E-state index contributed by atoms with van der Waals surface area (Å²) in [6, 6.07) is 11.3. The predicted molar refractivity (Wildman–Crippen MR) is 91.0 cm³/mol. The van der Waals surface area contributed by atoms with Gasteiger partial charge in [0.15, 0.2) is 0 Å². The maximum absolute atomic E-state index is 6.12. The Morgan fingerprint density at radius 2 is 1.62 bits per heavy atom. The molecule has 2 aromatic rings. The molecule has 112 valence electrons. The maximum atomic E-state index is 6.12. The van der Waals surface area contributed by atoms with E-state index >= 15 is 0 Å². The molecule has 0 radical (unpaired) electrons. The summed E-state index contributed by atoms with van der Waals surface area (Å²) in [6.07, 6.45) is 0.999. The van der Waals surface area contributed by atoms with Crippen molar-refractivity contribution in [1.82, 2.24) is 0 Å². The first-order chi connectivity index (χ1) is 10.1. The van der Waals surface area contributed by atoms with Crippen LogP contribution in [-0.2, 0) is 6.54 Å². The summed E-state index contributed by atoms with van der Waals surface area (Å²) >= 11 is 18.0. The lowest BCUT2D eigenvalue weighted by Crippen LogP contribution is -2.00. The Kier molecular flexibility index (Phi) is 6.04. The Morgan fingerprint density at radius 3 is 2.29 bits per heavy atom. The molecule has 0 fully saturated rings. The molecule has 0 aliphatic carbocycles. The number of hydrogen-bond donors (Lipinski definition) is 1. The maximum Gasteiger partial charge on any atom is 0.119 e. The van der Waals surface area contributed by atoms with Gasteiger partial charge in [-0.25, -0.2) is 0 Å². The average Bonchev–Trinajstić information content (AvgIpc) is 2.48. The van der Waals surface area contributed by atoms with Crippen LogP contribution in [0.15, 0.2) is 36.4 Å². The van der Waals surface area contributed by atoms with E-state index in [0.29, 0.717) is 21.6 Å². The standard InChI is InChI=1S/C16H16Cl3NO/c1-2-7-21-12-5-3-11(4-6-12)10-20-16-9-14(18)13(17)8-15(16)19/h3-6,8-9,20H,2,7,10H2,1H3. The molecular weight excluding hydrogens is 329 g/mol. The molecule has 0 amide bonds. The molecule has 0 aliphatic heterocycles. The van der Waals surface area contributed by atoms with Crippen molar-refractivity contribution in [2.75, 3.05) is 11.9 Å². The van der Waals surface area contributed by atoms with Gasteiger partial charge in [-0.1, -0.05) is 53.9 Å². The quantitative estimate of drug-likeness (QED) is 0.644. The molecule has 0 aliphatic rings. The van der Waals surface area contributed by atoms with Crippen LogP contribution >= 0.6 is 34.8 Å². The van der Waals surface area contributed by atoms with Crippen molar-refractivity contribution >= 4 is 40.5 Å². The number of ether oxygens (including phenoxy) is 1. The molecule has 0 aromatic heterocycles. The molecule has 2 nitrogen and oxygen atoms in total. The fourth-order valence-corrected chi connectivity index (χ4v) is 2.39. The van der Waals surface area contributed by atoms with Gasteiger partial charge >= 0.3 is 0 Å². The van der Waals surface area contributed by atoms with Gasteiger partial charge in [-0.2, -0.15) is 0 Å².